The first kappa shape index (κ1) is 19.8. The molecule has 2 N–H and O–H groups in total. The minimum absolute atomic E-state index is 0.0466. The molecule has 7 heteroatoms. The second-order valence-electron chi connectivity index (χ2n) is 7.57. The predicted molar refractivity (Wildman–Crippen MR) is 115 cm³/mol. The highest BCUT2D eigenvalue weighted by Gasteiger charge is 2.29. The Labute approximate surface area is 175 Å². The maximum atomic E-state index is 12.4. The third-order valence-electron chi connectivity index (χ3n) is 5.15. The van der Waals surface area contributed by atoms with Gasteiger partial charge in [0.2, 0.25) is 17.7 Å². The van der Waals surface area contributed by atoms with Crippen LogP contribution in [0.25, 0.3) is 0 Å². The van der Waals surface area contributed by atoms with Gasteiger partial charge >= 0.3 is 0 Å². The standard InChI is InChI=1S/C23H24N4O3/c28-21(24-18-8-10-19(11-9-18)25-23(30)17-6-7-17)12-13-22(29)27-15-14-20(26-27)16-4-2-1-3-5-16/h1-5,8-11,17H,6-7,12-15H2,(H,24,28)(H,25,30). The van der Waals surface area contributed by atoms with E-state index in [0.29, 0.717) is 24.3 Å². The molecule has 4 rings (SSSR count). The number of carbonyl (C=O) groups is 3. The van der Waals surface area contributed by atoms with Gasteiger partial charge in [0.05, 0.1) is 12.3 Å². The lowest BCUT2D eigenvalue weighted by molar-refractivity contribution is -0.132. The van der Waals surface area contributed by atoms with Crippen LogP contribution in [0.4, 0.5) is 11.4 Å². The quantitative estimate of drug-likeness (QED) is 0.741. The number of anilines is 2. The van der Waals surface area contributed by atoms with E-state index >= 15 is 0 Å². The Morgan fingerprint density at radius 1 is 0.900 bits per heavy atom. The molecule has 1 aliphatic carbocycles. The zero-order valence-electron chi connectivity index (χ0n) is 16.6. The number of rotatable bonds is 7. The summed E-state index contributed by atoms with van der Waals surface area (Å²) in [6.07, 6.45) is 2.81. The molecule has 2 aromatic rings. The van der Waals surface area contributed by atoms with Crippen molar-refractivity contribution in [2.45, 2.75) is 32.1 Å². The van der Waals surface area contributed by atoms with Crippen LogP contribution in [0.1, 0.15) is 37.7 Å². The van der Waals surface area contributed by atoms with Gasteiger partial charge in [0.15, 0.2) is 0 Å². The number of benzene rings is 2. The van der Waals surface area contributed by atoms with Gasteiger partial charge in [-0.1, -0.05) is 30.3 Å². The molecule has 3 amide bonds. The predicted octanol–water partition coefficient (Wildman–Crippen LogP) is 3.39. The van der Waals surface area contributed by atoms with Crippen molar-refractivity contribution in [2.24, 2.45) is 11.0 Å². The van der Waals surface area contributed by atoms with Crippen LogP contribution in [-0.2, 0) is 14.4 Å². The molecule has 0 radical (unpaired) electrons. The van der Waals surface area contributed by atoms with Gasteiger partial charge in [-0.3, -0.25) is 14.4 Å². The normalized spacial score (nSPS) is 15.5. The van der Waals surface area contributed by atoms with Crippen molar-refractivity contribution >= 4 is 34.8 Å². The fourth-order valence-corrected chi connectivity index (χ4v) is 3.27. The van der Waals surface area contributed by atoms with Crippen LogP contribution < -0.4 is 10.6 Å². The first-order valence-electron chi connectivity index (χ1n) is 10.2. The van der Waals surface area contributed by atoms with Crippen molar-refractivity contribution < 1.29 is 14.4 Å². The largest absolute Gasteiger partial charge is 0.326 e. The highest BCUT2D eigenvalue weighted by atomic mass is 16.2. The molecule has 1 saturated carbocycles. The van der Waals surface area contributed by atoms with Crippen molar-refractivity contribution in [1.82, 2.24) is 5.01 Å². The van der Waals surface area contributed by atoms with Gasteiger partial charge in [-0.05, 0) is 42.7 Å². The molecule has 2 aromatic carbocycles. The maximum absolute atomic E-state index is 12.4. The lowest BCUT2D eigenvalue weighted by Gasteiger charge is -2.11. The molecule has 0 saturated heterocycles. The van der Waals surface area contributed by atoms with Crippen molar-refractivity contribution in [1.29, 1.82) is 0 Å². The fourth-order valence-electron chi connectivity index (χ4n) is 3.27. The summed E-state index contributed by atoms with van der Waals surface area (Å²) in [4.78, 5) is 36.3. The van der Waals surface area contributed by atoms with Gasteiger partial charge in [-0.2, -0.15) is 5.10 Å². The van der Waals surface area contributed by atoms with E-state index in [1.54, 1.807) is 24.3 Å². The number of amides is 3. The second-order valence-corrected chi connectivity index (χ2v) is 7.57. The third-order valence-corrected chi connectivity index (χ3v) is 5.15. The minimum Gasteiger partial charge on any atom is -0.326 e. The number of nitrogens with zero attached hydrogens (tertiary/aromatic N) is 2. The number of nitrogens with one attached hydrogen (secondary N) is 2. The summed E-state index contributed by atoms with van der Waals surface area (Å²) in [5, 5.41) is 11.5. The highest BCUT2D eigenvalue weighted by molar-refractivity contribution is 6.03. The number of carbonyl (C=O) groups excluding carboxylic acids is 3. The van der Waals surface area contributed by atoms with E-state index < -0.39 is 0 Å². The number of hydrogen-bond donors (Lipinski definition) is 2. The van der Waals surface area contributed by atoms with E-state index in [9.17, 15) is 14.4 Å². The van der Waals surface area contributed by atoms with Crippen LogP contribution in [0.15, 0.2) is 59.7 Å². The molecule has 154 valence electrons. The number of hydrazone groups is 1. The summed E-state index contributed by atoms with van der Waals surface area (Å²) in [6, 6.07) is 16.8. The summed E-state index contributed by atoms with van der Waals surface area (Å²) in [5.41, 5.74) is 3.24. The van der Waals surface area contributed by atoms with Crippen molar-refractivity contribution in [3.63, 3.8) is 0 Å². The van der Waals surface area contributed by atoms with Gasteiger partial charge in [0.1, 0.15) is 0 Å². The molecule has 0 bridgehead atoms. The first-order chi connectivity index (χ1) is 14.6. The van der Waals surface area contributed by atoms with Gasteiger partial charge in [0, 0.05) is 36.6 Å². The lowest BCUT2D eigenvalue weighted by atomic mass is 10.1. The molecule has 30 heavy (non-hydrogen) atoms. The van der Waals surface area contributed by atoms with E-state index in [2.05, 4.69) is 15.7 Å². The van der Waals surface area contributed by atoms with Gasteiger partial charge in [-0.25, -0.2) is 5.01 Å². The third kappa shape index (κ3) is 5.11. The molecule has 2 aliphatic rings. The minimum atomic E-state index is -0.232. The second kappa shape index (κ2) is 8.90. The van der Waals surface area contributed by atoms with Crippen LogP contribution >= 0.6 is 0 Å². The molecule has 0 spiro atoms. The van der Waals surface area contributed by atoms with Crippen molar-refractivity contribution in [3.05, 3.63) is 60.2 Å². The summed E-state index contributed by atoms with van der Waals surface area (Å²) < 4.78 is 0. The van der Waals surface area contributed by atoms with Crippen LogP contribution in [0, 0.1) is 5.92 Å². The Kier molecular flexibility index (Phi) is 5.88. The Hall–Kier alpha value is -3.48. The van der Waals surface area contributed by atoms with Gasteiger partial charge in [0.25, 0.3) is 0 Å². The van der Waals surface area contributed by atoms with E-state index in [1.165, 1.54) is 5.01 Å². The van der Waals surface area contributed by atoms with Gasteiger partial charge in [-0.15, -0.1) is 0 Å². The monoisotopic (exact) mass is 404 g/mol. The molecule has 7 nitrogen and oxygen atoms in total. The van der Waals surface area contributed by atoms with Crippen molar-refractivity contribution in [3.8, 4) is 0 Å². The molecule has 0 unspecified atom stereocenters. The van der Waals surface area contributed by atoms with Gasteiger partial charge < -0.3 is 10.6 Å². The average molecular weight is 404 g/mol. The fraction of sp³-hybridized carbons (Fsp3) is 0.304. The summed E-state index contributed by atoms with van der Waals surface area (Å²) >= 11 is 0. The number of hydrogen-bond acceptors (Lipinski definition) is 4. The molecular formula is C23H24N4O3. The first-order valence-corrected chi connectivity index (χ1v) is 10.2. The van der Waals surface area contributed by atoms with Crippen LogP contribution in [-0.4, -0.2) is 35.0 Å². The average Bonchev–Trinajstić information content (AvgIpc) is 3.51. The molecule has 1 heterocycles. The van der Waals surface area contributed by atoms with Crippen LogP contribution in [0.2, 0.25) is 0 Å². The van der Waals surface area contributed by atoms with E-state index in [4.69, 9.17) is 0 Å². The molecular weight excluding hydrogens is 380 g/mol. The topological polar surface area (TPSA) is 90.9 Å². The Bertz CT molecular complexity index is 966. The zero-order chi connectivity index (χ0) is 20.9. The van der Waals surface area contributed by atoms with E-state index in [-0.39, 0.29) is 36.5 Å². The Balaban J connectivity index is 1.23. The smallest absolute Gasteiger partial charge is 0.243 e. The Morgan fingerprint density at radius 2 is 1.57 bits per heavy atom. The maximum Gasteiger partial charge on any atom is 0.243 e. The molecule has 0 atom stereocenters. The lowest BCUT2D eigenvalue weighted by Crippen LogP contribution is -2.25. The van der Waals surface area contributed by atoms with Crippen LogP contribution in [0.3, 0.4) is 0 Å². The molecule has 1 aliphatic heterocycles. The summed E-state index contributed by atoms with van der Waals surface area (Å²) in [5.74, 6) is -0.199. The SMILES string of the molecule is O=C(CCC(=O)N1CCC(c2ccccc2)=N1)Nc1ccc(NC(=O)C2CC2)cc1. The van der Waals surface area contributed by atoms with E-state index in [0.717, 1.165) is 24.1 Å². The van der Waals surface area contributed by atoms with Crippen molar-refractivity contribution in [2.75, 3.05) is 17.2 Å². The Morgan fingerprint density at radius 3 is 2.23 bits per heavy atom. The zero-order valence-corrected chi connectivity index (χ0v) is 16.6. The summed E-state index contributed by atoms with van der Waals surface area (Å²) in [6.45, 7) is 0.540. The van der Waals surface area contributed by atoms with E-state index in [1.807, 2.05) is 30.3 Å². The molecule has 1 fully saturated rings. The highest BCUT2D eigenvalue weighted by Crippen LogP contribution is 2.30. The van der Waals surface area contributed by atoms with Crippen LogP contribution in [0.5, 0.6) is 0 Å². The molecule has 0 aromatic heterocycles. The summed E-state index contributed by atoms with van der Waals surface area (Å²) in [7, 11) is 0.